The third-order valence-corrected chi connectivity index (χ3v) is 5.09. The average molecular weight is 322 g/mol. The molecule has 0 N–H and O–H groups in total. The van der Waals surface area contributed by atoms with Crippen molar-refractivity contribution in [2.24, 2.45) is 0 Å². The van der Waals surface area contributed by atoms with Gasteiger partial charge in [-0.25, -0.2) is 4.98 Å². The van der Waals surface area contributed by atoms with Crippen LogP contribution in [0.2, 0.25) is 0 Å². The molecule has 1 saturated heterocycles. The number of pyridine rings is 1. The number of fused-ring (bicyclic) bond motifs is 1. The van der Waals surface area contributed by atoms with E-state index in [0.29, 0.717) is 0 Å². The Hall–Kier alpha value is -2.20. The van der Waals surface area contributed by atoms with E-state index >= 15 is 0 Å². The third kappa shape index (κ3) is 2.75. The number of likely N-dealkylation sites (tertiary alicyclic amines) is 1. The van der Waals surface area contributed by atoms with Crippen molar-refractivity contribution in [1.82, 2.24) is 9.88 Å². The molecule has 23 heavy (non-hydrogen) atoms. The number of thiophene rings is 1. The highest BCUT2D eigenvalue weighted by Crippen LogP contribution is 2.27. The molecule has 0 radical (unpaired) electrons. The maximum Gasteiger partial charge on any atom is 0.254 e. The lowest BCUT2D eigenvalue weighted by atomic mass is 10.0. The fourth-order valence-corrected chi connectivity index (χ4v) is 3.83. The fourth-order valence-electron chi connectivity index (χ4n) is 3.18. The summed E-state index contributed by atoms with van der Waals surface area (Å²) in [6.45, 7) is 1.73. The van der Waals surface area contributed by atoms with E-state index in [1.165, 1.54) is 6.42 Å². The molecule has 1 amide bonds. The van der Waals surface area contributed by atoms with Crippen LogP contribution in [0.5, 0.6) is 0 Å². The molecule has 0 atom stereocenters. The van der Waals surface area contributed by atoms with Crippen LogP contribution in [0.3, 0.4) is 0 Å². The number of rotatable bonds is 2. The van der Waals surface area contributed by atoms with Gasteiger partial charge in [-0.15, -0.1) is 0 Å². The lowest BCUT2D eigenvalue weighted by Gasteiger charge is -2.27. The van der Waals surface area contributed by atoms with Gasteiger partial charge in [-0.05, 0) is 42.8 Å². The number of hydrogen-bond acceptors (Lipinski definition) is 3. The molecule has 3 nitrogen and oxygen atoms in total. The summed E-state index contributed by atoms with van der Waals surface area (Å²) in [6, 6.07) is 11.9. The van der Waals surface area contributed by atoms with Gasteiger partial charge in [-0.3, -0.25) is 4.79 Å². The van der Waals surface area contributed by atoms with E-state index in [1.807, 2.05) is 40.6 Å². The molecule has 3 aromatic rings. The minimum absolute atomic E-state index is 0.139. The molecule has 4 rings (SSSR count). The van der Waals surface area contributed by atoms with Gasteiger partial charge in [-0.2, -0.15) is 11.3 Å². The molecule has 1 aliphatic rings. The Bertz CT molecular complexity index is 836. The number of hydrogen-bond donors (Lipinski definition) is 0. The van der Waals surface area contributed by atoms with Gasteiger partial charge in [-0.1, -0.05) is 18.2 Å². The average Bonchev–Trinajstić information content (AvgIpc) is 3.15. The minimum Gasteiger partial charge on any atom is -0.339 e. The van der Waals surface area contributed by atoms with Crippen molar-refractivity contribution in [1.29, 1.82) is 0 Å². The molecule has 3 heterocycles. The Labute approximate surface area is 139 Å². The Morgan fingerprint density at radius 2 is 1.91 bits per heavy atom. The first-order chi connectivity index (χ1) is 11.3. The molecule has 116 valence electrons. The van der Waals surface area contributed by atoms with Crippen molar-refractivity contribution >= 4 is 28.1 Å². The standard InChI is InChI=1S/C19H18N2OS/c22-19(21-9-4-1-5-10-21)16-12-18(14-8-11-23-13-14)20-17-7-3-2-6-15(16)17/h2-3,6-8,11-13H,1,4-5,9-10H2. The molecule has 2 aromatic heterocycles. The number of carbonyl (C=O) groups excluding carboxylic acids is 1. The molecule has 0 aliphatic carbocycles. The van der Waals surface area contributed by atoms with Crippen LogP contribution in [0.4, 0.5) is 0 Å². The second-order valence-electron chi connectivity index (χ2n) is 5.94. The zero-order chi connectivity index (χ0) is 15.6. The Morgan fingerprint density at radius 1 is 1.09 bits per heavy atom. The third-order valence-electron chi connectivity index (χ3n) is 4.41. The molecular formula is C19H18N2OS. The van der Waals surface area contributed by atoms with Crippen LogP contribution in [0.1, 0.15) is 29.6 Å². The summed E-state index contributed by atoms with van der Waals surface area (Å²) < 4.78 is 0. The normalized spacial score (nSPS) is 15.0. The monoisotopic (exact) mass is 322 g/mol. The van der Waals surface area contributed by atoms with Gasteiger partial charge in [0.15, 0.2) is 0 Å². The van der Waals surface area contributed by atoms with Crippen LogP contribution >= 0.6 is 11.3 Å². The molecular weight excluding hydrogens is 304 g/mol. The van der Waals surface area contributed by atoms with Crippen LogP contribution in [-0.2, 0) is 0 Å². The van der Waals surface area contributed by atoms with Crippen LogP contribution < -0.4 is 0 Å². The molecule has 0 saturated carbocycles. The highest BCUT2D eigenvalue weighted by atomic mass is 32.1. The van der Waals surface area contributed by atoms with Crippen LogP contribution in [0, 0.1) is 0 Å². The Kier molecular flexibility index (Phi) is 3.83. The van der Waals surface area contributed by atoms with E-state index in [-0.39, 0.29) is 5.91 Å². The first kappa shape index (κ1) is 14.4. The summed E-state index contributed by atoms with van der Waals surface area (Å²) >= 11 is 1.65. The van der Waals surface area contributed by atoms with Gasteiger partial charge in [0.05, 0.1) is 16.8 Å². The Balaban J connectivity index is 1.84. The zero-order valence-corrected chi connectivity index (χ0v) is 13.7. The molecule has 4 heteroatoms. The van der Waals surface area contributed by atoms with Crippen molar-refractivity contribution in [2.45, 2.75) is 19.3 Å². The highest BCUT2D eigenvalue weighted by molar-refractivity contribution is 7.08. The molecule has 0 unspecified atom stereocenters. The topological polar surface area (TPSA) is 33.2 Å². The number of nitrogens with zero attached hydrogens (tertiary/aromatic N) is 2. The second-order valence-corrected chi connectivity index (χ2v) is 6.72. The van der Waals surface area contributed by atoms with Crippen LogP contribution in [-0.4, -0.2) is 28.9 Å². The SMILES string of the molecule is O=C(c1cc(-c2ccsc2)nc2ccccc12)N1CCCCC1. The largest absolute Gasteiger partial charge is 0.339 e. The first-order valence-electron chi connectivity index (χ1n) is 8.04. The van der Waals surface area contributed by atoms with Gasteiger partial charge in [0.1, 0.15) is 0 Å². The van der Waals surface area contributed by atoms with Crippen molar-refractivity contribution in [3.05, 3.63) is 52.7 Å². The maximum absolute atomic E-state index is 13.0. The molecule has 1 fully saturated rings. The predicted molar refractivity (Wildman–Crippen MR) is 94.8 cm³/mol. The molecule has 1 aromatic carbocycles. The smallest absolute Gasteiger partial charge is 0.254 e. The van der Waals surface area contributed by atoms with Gasteiger partial charge >= 0.3 is 0 Å². The van der Waals surface area contributed by atoms with Crippen molar-refractivity contribution in [3.8, 4) is 11.3 Å². The van der Waals surface area contributed by atoms with Crippen molar-refractivity contribution in [3.63, 3.8) is 0 Å². The number of amides is 1. The first-order valence-corrected chi connectivity index (χ1v) is 8.99. The Morgan fingerprint density at radius 3 is 2.70 bits per heavy atom. The number of piperidine rings is 1. The molecule has 0 bridgehead atoms. The quantitative estimate of drug-likeness (QED) is 0.691. The summed E-state index contributed by atoms with van der Waals surface area (Å²) in [7, 11) is 0. The van der Waals surface area contributed by atoms with Crippen molar-refractivity contribution < 1.29 is 4.79 Å². The number of aromatic nitrogens is 1. The second kappa shape index (κ2) is 6.13. The minimum atomic E-state index is 0.139. The number of carbonyl (C=O) groups is 1. The summed E-state index contributed by atoms with van der Waals surface area (Å²) in [5.74, 6) is 0.139. The van der Waals surface area contributed by atoms with Gasteiger partial charge < -0.3 is 4.90 Å². The highest BCUT2D eigenvalue weighted by Gasteiger charge is 2.21. The van der Waals surface area contributed by atoms with E-state index in [2.05, 4.69) is 11.4 Å². The van der Waals surface area contributed by atoms with E-state index in [9.17, 15) is 4.79 Å². The van der Waals surface area contributed by atoms with E-state index < -0.39 is 0 Å². The van der Waals surface area contributed by atoms with Crippen molar-refractivity contribution in [2.75, 3.05) is 13.1 Å². The van der Waals surface area contributed by atoms with E-state index in [1.54, 1.807) is 11.3 Å². The molecule has 1 aliphatic heterocycles. The van der Waals surface area contributed by atoms with Gasteiger partial charge in [0.25, 0.3) is 5.91 Å². The summed E-state index contributed by atoms with van der Waals surface area (Å²) in [6.07, 6.45) is 3.43. The van der Waals surface area contributed by atoms with E-state index in [4.69, 9.17) is 4.98 Å². The predicted octanol–water partition coefficient (Wildman–Crippen LogP) is 4.59. The summed E-state index contributed by atoms with van der Waals surface area (Å²) in [4.78, 5) is 19.8. The summed E-state index contributed by atoms with van der Waals surface area (Å²) in [5, 5.41) is 5.06. The zero-order valence-electron chi connectivity index (χ0n) is 12.9. The fraction of sp³-hybridized carbons (Fsp3) is 0.263. The van der Waals surface area contributed by atoms with Crippen LogP contribution in [0.15, 0.2) is 47.2 Å². The van der Waals surface area contributed by atoms with Crippen LogP contribution in [0.25, 0.3) is 22.2 Å². The number of para-hydroxylation sites is 1. The maximum atomic E-state index is 13.0. The summed E-state index contributed by atoms with van der Waals surface area (Å²) in [5.41, 5.74) is 3.62. The van der Waals surface area contributed by atoms with E-state index in [0.717, 1.165) is 53.7 Å². The van der Waals surface area contributed by atoms with Gasteiger partial charge in [0, 0.05) is 29.4 Å². The van der Waals surface area contributed by atoms with Gasteiger partial charge in [0.2, 0.25) is 0 Å². The lowest BCUT2D eigenvalue weighted by Crippen LogP contribution is -2.35. The number of benzene rings is 1. The molecule has 0 spiro atoms. The lowest BCUT2D eigenvalue weighted by molar-refractivity contribution is 0.0726.